The summed E-state index contributed by atoms with van der Waals surface area (Å²) in [6.45, 7) is 6.46. The molecule has 0 aromatic carbocycles. The van der Waals surface area contributed by atoms with Crippen LogP contribution in [0.15, 0.2) is 55.5 Å². The number of fused-ring (bicyclic) bond motifs is 1. The van der Waals surface area contributed by atoms with E-state index in [4.69, 9.17) is 4.74 Å². The number of amides is 1. The summed E-state index contributed by atoms with van der Waals surface area (Å²) in [5.74, 6) is -0.0472. The normalized spacial score (nSPS) is 15.2. The van der Waals surface area contributed by atoms with Crippen molar-refractivity contribution in [3.05, 3.63) is 72.7 Å². The van der Waals surface area contributed by atoms with Crippen LogP contribution in [0.3, 0.4) is 0 Å². The Balaban J connectivity index is 1.43. The highest BCUT2D eigenvalue weighted by molar-refractivity contribution is 5.87. The Labute approximate surface area is 206 Å². The standard InChI is InChI=1S/C25H26FN7O3/c1-3-24(35)31-10-7-19(8-11-31)33-16(2)25(29-30-33)17-12-22(21-6-9-28-32(21)14-17)36-23(15-34)20-5-4-18(26)13-27-20/h3-6,9,12-14,19,23,34H,1,7-8,10-11,15H2,2H3. The van der Waals surface area contributed by atoms with Crippen molar-refractivity contribution in [2.75, 3.05) is 19.7 Å². The fourth-order valence-corrected chi connectivity index (χ4v) is 4.56. The van der Waals surface area contributed by atoms with Crippen LogP contribution in [0.1, 0.15) is 36.4 Å². The highest BCUT2D eigenvalue weighted by Crippen LogP contribution is 2.33. The van der Waals surface area contributed by atoms with Crippen LogP contribution < -0.4 is 4.74 Å². The lowest BCUT2D eigenvalue weighted by atomic mass is 10.0. The van der Waals surface area contributed by atoms with Gasteiger partial charge in [0.2, 0.25) is 5.91 Å². The quantitative estimate of drug-likeness (QED) is 0.396. The van der Waals surface area contributed by atoms with E-state index in [0.29, 0.717) is 35.7 Å². The molecule has 1 aliphatic rings. The first-order valence-electron chi connectivity index (χ1n) is 11.7. The number of aliphatic hydroxyl groups is 1. The van der Waals surface area contributed by atoms with Gasteiger partial charge in [-0.3, -0.25) is 9.78 Å². The minimum absolute atomic E-state index is 0.0541. The molecule has 1 aliphatic heterocycles. The van der Waals surface area contributed by atoms with Crippen molar-refractivity contribution in [3.8, 4) is 17.0 Å². The third-order valence-corrected chi connectivity index (χ3v) is 6.48. The molecule has 4 aromatic rings. The van der Waals surface area contributed by atoms with Gasteiger partial charge in [-0.25, -0.2) is 13.6 Å². The lowest BCUT2D eigenvalue weighted by molar-refractivity contribution is -0.127. The van der Waals surface area contributed by atoms with Gasteiger partial charge in [-0.1, -0.05) is 11.8 Å². The van der Waals surface area contributed by atoms with Crippen molar-refractivity contribution < 1.29 is 19.0 Å². The molecule has 1 amide bonds. The van der Waals surface area contributed by atoms with Crippen LogP contribution in [-0.4, -0.2) is 65.2 Å². The number of ether oxygens (including phenoxy) is 1. The number of piperidine rings is 1. The topological polar surface area (TPSA) is 111 Å². The number of hydrogen-bond acceptors (Lipinski definition) is 7. The number of pyridine rings is 2. The molecule has 4 aromatic heterocycles. The second-order valence-electron chi connectivity index (χ2n) is 8.67. The van der Waals surface area contributed by atoms with Crippen molar-refractivity contribution in [1.82, 2.24) is 34.5 Å². The number of carbonyl (C=O) groups is 1. The summed E-state index contributed by atoms with van der Waals surface area (Å²) in [5, 5.41) is 23.2. The van der Waals surface area contributed by atoms with Crippen LogP contribution >= 0.6 is 0 Å². The average molecular weight is 492 g/mol. The molecule has 0 radical (unpaired) electrons. The van der Waals surface area contributed by atoms with Crippen LogP contribution in [-0.2, 0) is 4.79 Å². The number of aliphatic hydroxyl groups excluding tert-OH is 1. The summed E-state index contributed by atoms with van der Waals surface area (Å²) in [6, 6.07) is 6.52. The van der Waals surface area contributed by atoms with Gasteiger partial charge in [0.1, 0.15) is 22.8 Å². The molecule has 186 valence electrons. The zero-order valence-electron chi connectivity index (χ0n) is 19.8. The molecule has 11 heteroatoms. The van der Waals surface area contributed by atoms with Crippen LogP contribution in [0.25, 0.3) is 16.8 Å². The first kappa shape index (κ1) is 23.6. The first-order chi connectivity index (χ1) is 17.5. The molecule has 1 saturated heterocycles. The van der Waals surface area contributed by atoms with E-state index in [9.17, 15) is 14.3 Å². The number of carbonyl (C=O) groups excluding carboxylic acids is 1. The number of nitrogens with zero attached hydrogens (tertiary/aromatic N) is 7. The molecule has 0 bridgehead atoms. The molecular formula is C25H26FN7O3. The Morgan fingerprint density at radius 2 is 2.14 bits per heavy atom. The van der Waals surface area contributed by atoms with Crippen molar-refractivity contribution in [1.29, 1.82) is 0 Å². The predicted octanol–water partition coefficient (Wildman–Crippen LogP) is 2.90. The monoisotopic (exact) mass is 491 g/mol. The number of rotatable bonds is 7. The van der Waals surface area contributed by atoms with E-state index in [2.05, 4.69) is 27.0 Å². The molecule has 1 N–H and O–H groups in total. The third kappa shape index (κ3) is 4.44. The second-order valence-corrected chi connectivity index (χ2v) is 8.67. The van der Waals surface area contributed by atoms with Crippen molar-refractivity contribution in [2.24, 2.45) is 0 Å². The molecule has 0 spiro atoms. The van der Waals surface area contributed by atoms with E-state index in [0.717, 1.165) is 30.3 Å². The Hall–Kier alpha value is -4.12. The van der Waals surface area contributed by atoms with Crippen LogP contribution in [0, 0.1) is 12.7 Å². The molecule has 1 unspecified atom stereocenters. The summed E-state index contributed by atoms with van der Waals surface area (Å²) < 4.78 is 23.0. The zero-order chi connectivity index (χ0) is 25.2. The van der Waals surface area contributed by atoms with Crippen molar-refractivity contribution in [2.45, 2.75) is 31.9 Å². The van der Waals surface area contributed by atoms with E-state index < -0.39 is 11.9 Å². The van der Waals surface area contributed by atoms with Crippen molar-refractivity contribution in [3.63, 3.8) is 0 Å². The average Bonchev–Trinajstić information content (AvgIpc) is 3.54. The summed E-state index contributed by atoms with van der Waals surface area (Å²) in [6.07, 6.45) is 6.69. The maximum Gasteiger partial charge on any atom is 0.245 e. The van der Waals surface area contributed by atoms with Gasteiger partial charge in [0.15, 0.2) is 6.10 Å². The summed E-state index contributed by atoms with van der Waals surface area (Å²) in [5.41, 5.74) is 3.42. The number of likely N-dealkylation sites (tertiary alicyclic amines) is 1. The highest BCUT2D eigenvalue weighted by atomic mass is 19.1. The van der Waals surface area contributed by atoms with E-state index in [1.165, 1.54) is 18.2 Å². The fraction of sp³-hybridized carbons (Fsp3) is 0.320. The van der Waals surface area contributed by atoms with Gasteiger partial charge in [-0.15, -0.1) is 5.10 Å². The minimum atomic E-state index is -0.792. The van der Waals surface area contributed by atoms with Gasteiger partial charge in [-0.05, 0) is 50.1 Å². The molecule has 0 aliphatic carbocycles. The predicted molar refractivity (Wildman–Crippen MR) is 129 cm³/mol. The largest absolute Gasteiger partial charge is 0.479 e. The van der Waals surface area contributed by atoms with E-state index in [-0.39, 0.29) is 18.6 Å². The Bertz CT molecular complexity index is 1390. The van der Waals surface area contributed by atoms with E-state index in [1.54, 1.807) is 21.7 Å². The minimum Gasteiger partial charge on any atom is -0.479 e. The smallest absolute Gasteiger partial charge is 0.245 e. The summed E-state index contributed by atoms with van der Waals surface area (Å²) >= 11 is 0. The Morgan fingerprint density at radius 1 is 1.33 bits per heavy atom. The van der Waals surface area contributed by atoms with Gasteiger partial charge < -0.3 is 14.7 Å². The van der Waals surface area contributed by atoms with Gasteiger partial charge in [0.25, 0.3) is 0 Å². The third-order valence-electron chi connectivity index (χ3n) is 6.48. The maximum absolute atomic E-state index is 13.3. The summed E-state index contributed by atoms with van der Waals surface area (Å²) in [4.78, 5) is 17.7. The molecule has 36 heavy (non-hydrogen) atoms. The van der Waals surface area contributed by atoms with Gasteiger partial charge in [0, 0.05) is 24.8 Å². The molecule has 1 atom stereocenters. The SMILES string of the molecule is C=CC(=O)N1CCC(n2nnc(-c3cc(OC(CO)c4ccc(F)cn4)c4ccnn4c3)c2C)CC1. The maximum atomic E-state index is 13.3. The summed E-state index contributed by atoms with van der Waals surface area (Å²) in [7, 11) is 0. The van der Waals surface area contributed by atoms with Crippen LogP contribution in [0.5, 0.6) is 5.75 Å². The molecule has 0 saturated carbocycles. The molecule has 10 nitrogen and oxygen atoms in total. The number of hydrogen-bond donors (Lipinski definition) is 1. The van der Waals surface area contributed by atoms with E-state index in [1.807, 2.05) is 23.9 Å². The number of aromatic nitrogens is 6. The first-order valence-corrected chi connectivity index (χ1v) is 11.7. The Morgan fingerprint density at radius 3 is 2.83 bits per heavy atom. The van der Waals surface area contributed by atoms with Crippen molar-refractivity contribution >= 4 is 11.4 Å². The lowest BCUT2D eigenvalue weighted by Gasteiger charge is -2.31. The fourth-order valence-electron chi connectivity index (χ4n) is 4.56. The zero-order valence-corrected chi connectivity index (χ0v) is 19.8. The second kappa shape index (κ2) is 9.86. The van der Waals surface area contributed by atoms with Crippen LogP contribution in [0.2, 0.25) is 0 Å². The van der Waals surface area contributed by atoms with E-state index >= 15 is 0 Å². The molecule has 5 rings (SSSR count). The van der Waals surface area contributed by atoms with Crippen LogP contribution in [0.4, 0.5) is 4.39 Å². The molecule has 5 heterocycles. The van der Waals surface area contributed by atoms with Gasteiger partial charge in [-0.2, -0.15) is 5.10 Å². The van der Waals surface area contributed by atoms with Gasteiger partial charge >= 0.3 is 0 Å². The Kier molecular flexibility index (Phi) is 6.47. The van der Waals surface area contributed by atoms with Gasteiger partial charge in [0.05, 0.1) is 36.4 Å². The lowest BCUT2D eigenvalue weighted by Crippen LogP contribution is -2.38. The number of halogens is 1. The molecular weight excluding hydrogens is 465 g/mol. The molecule has 1 fully saturated rings. The highest BCUT2D eigenvalue weighted by Gasteiger charge is 2.26.